The number of amides is 2. The number of rotatable bonds is 13. The summed E-state index contributed by atoms with van der Waals surface area (Å²) in [6, 6.07) is 11.3. The number of nitrogens with zero attached hydrogens (tertiary/aromatic N) is 2. The number of hydrogen-bond donors (Lipinski definition) is 1. The first-order chi connectivity index (χ1) is 16.6. The summed E-state index contributed by atoms with van der Waals surface area (Å²) < 4.78 is 44.9. The predicted octanol–water partition coefficient (Wildman–Crippen LogP) is 3.32. The van der Waals surface area contributed by atoms with Crippen LogP contribution >= 0.6 is 0 Å². The lowest BCUT2D eigenvalue weighted by Gasteiger charge is -2.33. The van der Waals surface area contributed by atoms with Crippen molar-refractivity contribution in [1.29, 1.82) is 0 Å². The van der Waals surface area contributed by atoms with Crippen LogP contribution in [0.1, 0.15) is 38.7 Å². The van der Waals surface area contributed by atoms with E-state index in [4.69, 9.17) is 4.74 Å². The van der Waals surface area contributed by atoms with E-state index in [-0.39, 0.29) is 18.1 Å². The Morgan fingerprint density at radius 2 is 1.80 bits per heavy atom. The fourth-order valence-electron chi connectivity index (χ4n) is 3.60. The number of nitrogens with one attached hydrogen (secondary N) is 1. The summed E-state index contributed by atoms with van der Waals surface area (Å²) in [6.07, 6.45) is 2.99. The van der Waals surface area contributed by atoms with E-state index in [1.165, 1.54) is 23.1 Å². The van der Waals surface area contributed by atoms with Crippen molar-refractivity contribution in [2.24, 2.45) is 0 Å². The van der Waals surface area contributed by atoms with Crippen LogP contribution in [0, 0.1) is 5.82 Å². The van der Waals surface area contributed by atoms with Gasteiger partial charge in [0.2, 0.25) is 21.8 Å². The van der Waals surface area contributed by atoms with Crippen molar-refractivity contribution in [3.05, 3.63) is 59.9 Å². The summed E-state index contributed by atoms with van der Waals surface area (Å²) in [4.78, 5) is 27.9. The maximum absolute atomic E-state index is 13.8. The van der Waals surface area contributed by atoms with Gasteiger partial charge in [-0.05, 0) is 48.7 Å². The van der Waals surface area contributed by atoms with Gasteiger partial charge in [-0.2, -0.15) is 0 Å². The fourth-order valence-corrected chi connectivity index (χ4v) is 4.44. The highest BCUT2D eigenvalue weighted by Crippen LogP contribution is 2.21. The molecule has 0 aliphatic carbocycles. The van der Waals surface area contributed by atoms with Crippen LogP contribution in [0.5, 0.6) is 5.75 Å². The highest BCUT2D eigenvalue weighted by Gasteiger charge is 2.31. The summed E-state index contributed by atoms with van der Waals surface area (Å²) in [6.45, 7) is 3.80. The smallest absolute Gasteiger partial charge is 0.244 e. The zero-order valence-electron chi connectivity index (χ0n) is 20.7. The van der Waals surface area contributed by atoms with Crippen molar-refractivity contribution in [3.63, 3.8) is 0 Å². The molecule has 8 nitrogen and oxygen atoms in total. The van der Waals surface area contributed by atoms with Gasteiger partial charge in [0.15, 0.2) is 0 Å². The monoisotopic (exact) mass is 507 g/mol. The minimum absolute atomic E-state index is 0.0330. The van der Waals surface area contributed by atoms with Gasteiger partial charge in [-0.15, -0.1) is 0 Å². The quantitative estimate of drug-likeness (QED) is 0.420. The Labute approximate surface area is 207 Å². The van der Waals surface area contributed by atoms with E-state index in [0.29, 0.717) is 18.7 Å². The Bertz CT molecular complexity index is 1090. The van der Waals surface area contributed by atoms with Gasteiger partial charge < -0.3 is 15.0 Å². The molecule has 0 aromatic heterocycles. The number of hydrogen-bond acceptors (Lipinski definition) is 5. The summed E-state index contributed by atoms with van der Waals surface area (Å²) in [5.41, 5.74) is 0.779. The zero-order chi connectivity index (χ0) is 26.0. The largest absolute Gasteiger partial charge is 0.497 e. The van der Waals surface area contributed by atoms with Gasteiger partial charge in [-0.25, -0.2) is 12.8 Å². The number of methoxy groups -OCH3 is 1. The van der Waals surface area contributed by atoms with Gasteiger partial charge in [0.25, 0.3) is 0 Å². The maximum Gasteiger partial charge on any atom is 0.244 e. The van der Waals surface area contributed by atoms with Crippen LogP contribution in [0.2, 0.25) is 0 Å². The molecule has 2 amide bonds. The third kappa shape index (κ3) is 8.24. The van der Waals surface area contributed by atoms with Crippen molar-refractivity contribution in [2.75, 3.05) is 30.8 Å². The molecule has 2 aromatic rings. The lowest BCUT2D eigenvalue weighted by molar-refractivity contribution is -0.140. The number of unbranched alkanes of at least 4 members (excludes halogenated alkanes) is 1. The Balaban J connectivity index is 2.39. The molecule has 35 heavy (non-hydrogen) atoms. The Kier molecular flexibility index (Phi) is 10.5. The van der Waals surface area contributed by atoms with Crippen LogP contribution < -0.4 is 14.4 Å². The normalized spacial score (nSPS) is 12.0. The van der Waals surface area contributed by atoms with E-state index in [2.05, 4.69) is 5.32 Å². The second-order valence-corrected chi connectivity index (χ2v) is 10.1. The van der Waals surface area contributed by atoms with Gasteiger partial charge in [0.05, 0.1) is 19.1 Å². The molecule has 0 bridgehead atoms. The van der Waals surface area contributed by atoms with Crippen LogP contribution in [0.25, 0.3) is 0 Å². The van der Waals surface area contributed by atoms with Gasteiger partial charge in [-0.3, -0.25) is 13.9 Å². The molecule has 0 saturated heterocycles. The molecule has 0 radical (unpaired) electrons. The SMILES string of the molecule is CCCCNC(=O)C(CC)N(Cc1ccc(OC)cc1)C(=O)CN(c1cccc(F)c1)S(C)(=O)=O. The molecular weight excluding hydrogens is 473 g/mol. The Hall–Kier alpha value is -3.14. The molecule has 1 unspecified atom stereocenters. The first-order valence-electron chi connectivity index (χ1n) is 11.5. The number of carbonyl (C=O) groups is 2. The van der Waals surface area contributed by atoms with Crippen molar-refractivity contribution in [3.8, 4) is 5.75 Å². The standard InChI is InChI=1S/C25H34FN3O5S/c1-5-7-15-27-25(31)23(6-2)28(17-19-11-13-22(34-3)14-12-19)24(30)18-29(35(4,32)33)21-10-8-9-20(26)16-21/h8-14,16,23H,5-7,15,17-18H2,1-4H3,(H,27,31). The molecule has 0 aliphatic heterocycles. The third-order valence-corrected chi connectivity index (χ3v) is 6.64. The Morgan fingerprint density at radius 1 is 1.11 bits per heavy atom. The van der Waals surface area contributed by atoms with Crippen molar-refractivity contribution in [1.82, 2.24) is 10.2 Å². The van der Waals surface area contributed by atoms with Gasteiger partial charge >= 0.3 is 0 Å². The predicted molar refractivity (Wildman–Crippen MR) is 134 cm³/mol. The first kappa shape index (κ1) is 28.1. The van der Waals surface area contributed by atoms with Crippen molar-refractivity contribution >= 4 is 27.5 Å². The van der Waals surface area contributed by atoms with Crippen molar-refractivity contribution < 1.29 is 27.1 Å². The van der Waals surface area contributed by atoms with E-state index in [1.807, 2.05) is 6.92 Å². The second kappa shape index (κ2) is 13.1. The van der Waals surface area contributed by atoms with Crippen LogP contribution in [0.3, 0.4) is 0 Å². The third-order valence-electron chi connectivity index (χ3n) is 5.50. The van der Waals surface area contributed by atoms with E-state index < -0.39 is 34.3 Å². The maximum atomic E-state index is 13.8. The fraction of sp³-hybridized carbons (Fsp3) is 0.440. The number of carbonyl (C=O) groups excluding carboxylic acids is 2. The van der Waals surface area contributed by atoms with Crippen LogP contribution in [-0.4, -0.2) is 57.6 Å². The zero-order valence-corrected chi connectivity index (χ0v) is 21.5. The average molecular weight is 508 g/mol. The van der Waals surface area contributed by atoms with Crippen LogP contribution in [0.4, 0.5) is 10.1 Å². The minimum atomic E-state index is -3.91. The highest BCUT2D eigenvalue weighted by atomic mass is 32.2. The summed E-state index contributed by atoms with van der Waals surface area (Å²) >= 11 is 0. The van der Waals surface area contributed by atoms with Gasteiger partial charge in [0, 0.05) is 13.1 Å². The number of sulfonamides is 1. The average Bonchev–Trinajstić information content (AvgIpc) is 2.82. The van der Waals surface area contributed by atoms with Gasteiger partial charge in [-0.1, -0.05) is 38.5 Å². The van der Waals surface area contributed by atoms with E-state index in [9.17, 15) is 22.4 Å². The summed E-state index contributed by atoms with van der Waals surface area (Å²) in [5, 5.41) is 2.86. The number of ether oxygens (including phenoxy) is 1. The van der Waals surface area contributed by atoms with Crippen LogP contribution in [0.15, 0.2) is 48.5 Å². The van der Waals surface area contributed by atoms with Crippen molar-refractivity contribution in [2.45, 2.75) is 45.7 Å². The number of anilines is 1. The summed E-state index contributed by atoms with van der Waals surface area (Å²) in [5.74, 6) is -0.863. The van der Waals surface area contributed by atoms with Gasteiger partial charge in [0.1, 0.15) is 24.2 Å². The van der Waals surface area contributed by atoms with E-state index >= 15 is 0 Å². The summed E-state index contributed by atoms with van der Waals surface area (Å²) in [7, 11) is -2.37. The molecule has 1 atom stereocenters. The molecule has 192 valence electrons. The first-order valence-corrected chi connectivity index (χ1v) is 13.4. The molecular formula is C25H34FN3O5S. The van der Waals surface area contributed by atoms with E-state index in [0.717, 1.165) is 35.0 Å². The lowest BCUT2D eigenvalue weighted by atomic mass is 10.1. The number of benzene rings is 2. The van der Waals surface area contributed by atoms with E-state index in [1.54, 1.807) is 38.3 Å². The van der Waals surface area contributed by atoms with Crippen LogP contribution in [-0.2, 0) is 26.2 Å². The molecule has 0 saturated carbocycles. The minimum Gasteiger partial charge on any atom is -0.497 e. The number of halogens is 1. The lowest BCUT2D eigenvalue weighted by Crippen LogP contribution is -2.52. The molecule has 0 spiro atoms. The Morgan fingerprint density at radius 3 is 2.34 bits per heavy atom. The highest BCUT2D eigenvalue weighted by molar-refractivity contribution is 7.92. The molecule has 2 rings (SSSR count). The molecule has 0 heterocycles. The molecule has 0 fully saturated rings. The second-order valence-electron chi connectivity index (χ2n) is 8.19. The molecule has 2 aromatic carbocycles. The molecule has 0 aliphatic rings. The topological polar surface area (TPSA) is 96.0 Å². The molecule has 1 N–H and O–H groups in total. The molecule has 10 heteroatoms.